The summed E-state index contributed by atoms with van der Waals surface area (Å²) < 4.78 is 15.6. The molecule has 2 aromatic heterocycles. The number of benzene rings is 2. The first-order valence-corrected chi connectivity index (χ1v) is 11.0. The van der Waals surface area contributed by atoms with Crippen molar-refractivity contribution in [3.63, 3.8) is 0 Å². The molecule has 0 unspecified atom stereocenters. The summed E-state index contributed by atoms with van der Waals surface area (Å²) in [7, 11) is 0. The number of nitrogens with one attached hydrogen (secondary N) is 1. The van der Waals surface area contributed by atoms with Crippen molar-refractivity contribution in [2.24, 2.45) is 0 Å². The molecule has 3 heterocycles. The molecule has 154 valence electrons. The minimum absolute atomic E-state index is 0.122. The fourth-order valence-electron chi connectivity index (χ4n) is 3.69. The van der Waals surface area contributed by atoms with E-state index in [-0.39, 0.29) is 18.1 Å². The van der Waals surface area contributed by atoms with Crippen molar-refractivity contribution in [1.29, 1.82) is 0 Å². The van der Waals surface area contributed by atoms with Gasteiger partial charge in [-0.3, -0.25) is 4.79 Å². The number of halogens is 1. The standard InChI is InChI=1S/C24H19FN4OS/c25-19-8-6-17(7-9-19)22-23(29-12-13-31-24(29)28-22)18-10-11-26-20(15-18)27-21(30)14-16-4-2-1-3-5-16/h1-11,15H,12-14H2,(H,26,27,30). The monoisotopic (exact) mass is 430 g/mol. The molecular weight excluding hydrogens is 411 g/mol. The first-order chi connectivity index (χ1) is 15.2. The molecule has 1 amide bonds. The van der Waals surface area contributed by atoms with Crippen molar-refractivity contribution in [2.75, 3.05) is 11.1 Å². The minimum Gasteiger partial charge on any atom is -0.318 e. The molecule has 0 atom stereocenters. The number of nitrogens with zero attached hydrogens (tertiary/aromatic N) is 3. The summed E-state index contributed by atoms with van der Waals surface area (Å²) in [6.07, 6.45) is 1.97. The molecule has 31 heavy (non-hydrogen) atoms. The van der Waals surface area contributed by atoms with Gasteiger partial charge in [0, 0.05) is 29.6 Å². The topological polar surface area (TPSA) is 59.8 Å². The molecule has 0 bridgehead atoms. The maximum absolute atomic E-state index is 13.4. The van der Waals surface area contributed by atoms with Crippen molar-refractivity contribution in [3.05, 3.63) is 84.3 Å². The van der Waals surface area contributed by atoms with E-state index in [1.807, 2.05) is 42.5 Å². The Bertz CT molecular complexity index is 1240. The maximum atomic E-state index is 13.4. The third-order valence-corrected chi connectivity index (χ3v) is 6.06. The lowest BCUT2D eigenvalue weighted by Crippen LogP contribution is -2.15. The Balaban J connectivity index is 1.47. The van der Waals surface area contributed by atoms with E-state index in [1.54, 1.807) is 30.1 Å². The normalized spacial score (nSPS) is 12.5. The van der Waals surface area contributed by atoms with Gasteiger partial charge in [0.25, 0.3) is 0 Å². The second-order valence-electron chi connectivity index (χ2n) is 7.24. The van der Waals surface area contributed by atoms with E-state index in [4.69, 9.17) is 4.98 Å². The molecule has 0 fully saturated rings. The van der Waals surface area contributed by atoms with Crippen molar-refractivity contribution < 1.29 is 9.18 Å². The molecule has 0 spiro atoms. The molecule has 5 nitrogen and oxygen atoms in total. The molecule has 1 aliphatic heterocycles. The molecule has 0 saturated heterocycles. The van der Waals surface area contributed by atoms with Crippen LogP contribution in [0.3, 0.4) is 0 Å². The third-order valence-electron chi connectivity index (χ3n) is 5.10. The second kappa shape index (κ2) is 8.35. The zero-order valence-electron chi connectivity index (χ0n) is 16.6. The number of hydrogen-bond donors (Lipinski definition) is 1. The van der Waals surface area contributed by atoms with Crippen LogP contribution in [0.1, 0.15) is 5.56 Å². The van der Waals surface area contributed by atoms with Gasteiger partial charge in [0.15, 0.2) is 5.16 Å². The van der Waals surface area contributed by atoms with Crippen LogP contribution in [0.15, 0.2) is 78.1 Å². The lowest BCUT2D eigenvalue weighted by atomic mass is 10.1. The largest absolute Gasteiger partial charge is 0.318 e. The molecule has 1 aliphatic rings. The summed E-state index contributed by atoms with van der Waals surface area (Å²) in [4.78, 5) is 21.6. The zero-order valence-corrected chi connectivity index (χ0v) is 17.4. The van der Waals surface area contributed by atoms with Gasteiger partial charge in [0.2, 0.25) is 5.91 Å². The number of aromatic nitrogens is 3. The van der Waals surface area contributed by atoms with Gasteiger partial charge in [0.1, 0.15) is 11.6 Å². The van der Waals surface area contributed by atoms with Crippen LogP contribution in [0.25, 0.3) is 22.5 Å². The van der Waals surface area contributed by atoms with Crippen LogP contribution in [-0.4, -0.2) is 26.2 Å². The molecule has 5 rings (SSSR count). The number of rotatable bonds is 5. The molecule has 0 aliphatic carbocycles. The van der Waals surface area contributed by atoms with E-state index in [0.29, 0.717) is 5.82 Å². The maximum Gasteiger partial charge on any atom is 0.229 e. The van der Waals surface area contributed by atoms with Gasteiger partial charge in [0.05, 0.1) is 17.8 Å². The lowest BCUT2D eigenvalue weighted by molar-refractivity contribution is -0.115. The van der Waals surface area contributed by atoms with Gasteiger partial charge in [-0.1, -0.05) is 42.1 Å². The molecule has 1 N–H and O–H groups in total. The fraction of sp³-hybridized carbons (Fsp3) is 0.125. The molecule has 0 saturated carbocycles. The number of amides is 1. The predicted molar refractivity (Wildman–Crippen MR) is 120 cm³/mol. The van der Waals surface area contributed by atoms with Gasteiger partial charge in [-0.15, -0.1) is 0 Å². The lowest BCUT2D eigenvalue weighted by Gasteiger charge is -2.10. The molecule has 2 aromatic carbocycles. The summed E-state index contributed by atoms with van der Waals surface area (Å²) in [5.41, 5.74) is 4.46. The number of carbonyl (C=O) groups is 1. The minimum atomic E-state index is -0.279. The summed E-state index contributed by atoms with van der Waals surface area (Å²) in [6, 6.07) is 19.7. The van der Waals surface area contributed by atoms with Gasteiger partial charge in [-0.05, 0) is 42.0 Å². The van der Waals surface area contributed by atoms with Crippen molar-refractivity contribution in [1.82, 2.24) is 14.5 Å². The number of anilines is 1. The van der Waals surface area contributed by atoms with Crippen LogP contribution in [0.2, 0.25) is 0 Å². The molecule has 4 aromatic rings. The number of pyridine rings is 1. The van der Waals surface area contributed by atoms with E-state index in [9.17, 15) is 9.18 Å². The number of carbonyl (C=O) groups excluding carboxylic acids is 1. The zero-order chi connectivity index (χ0) is 21.2. The van der Waals surface area contributed by atoms with Crippen molar-refractivity contribution >= 4 is 23.5 Å². The van der Waals surface area contributed by atoms with Gasteiger partial charge >= 0.3 is 0 Å². The Morgan fingerprint density at radius 3 is 2.68 bits per heavy atom. The van der Waals surface area contributed by atoms with E-state index < -0.39 is 0 Å². The first kappa shape index (κ1) is 19.5. The summed E-state index contributed by atoms with van der Waals surface area (Å²) in [6.45, 7) is 0.849. The predicted octanol–water partition coefficient (Wildman–Crippen LogP) is 5.04. The van der Waals surface area contributed by atoms with Gasteiger partial charge in [-0.2, -0.15) is 0 Å². The van der Waals surface area contributed by atoms with E-state index >= 15 is 0 Å². The SMILES string of the molecule is O=C(Cc1ccccc1)Nc1cc(-c2c(-c3ccc(F)cc3)nc3n2CCS3)ccn1. The van der Waals surface area contributed by atoms with E-state index in [1.165, 1.54) is 12.1 Å². The molecule has 0 radical (unpaired) electrons. The number of hydrogen-bond acceptors (Lipinski definition) is 4. The second-order valence-corrected chi connectivity index (χ2v) is 8.30. The van der Waals surface area contributed by atoms with Crippen LogP contribution in [-0.2, 0) is 17.8 Å². The van der Waals surface area contributed by atoms with Gasteiger partial charge in [-0.25, -0.2) is 14.4 Å². The Morgan fingerprint density at radius 1 is 1.06 bits per heavy atom. The average molecular weight is 431 g/mol. The summed E-state index contributed by atoms with van der Waals surface area (Å²) in [5.74, 6) is 1.05. The molecule has 7 heteroatoms. The highest BCUT2D eigenvalue weighted by Crippen LogP contribution is 2.39. The van der Waals surface area contributed by atoms with Crippen LogP contribution < -0.4 is 5.32 Å². The Morgan fingerprint density at radius 2 is 1.87 bits per heavy atom. The highest BCUT2D eigenvalue weighted by atomic mass is 32.2. The molecular formula is C24H19FN4OS. The fourth-order valence-corrected chi connectivity index (χ4v) is 4.65. The summed E-state index contributed by atoms with van der Waals surface area (Å²) in [5, 5.41) is 3.84. The highest BCUT2D eigenvalue weighted by Gasteiger charge is 2.24. The van der Waals surface area contributed by atoms with Crippen molar-refractivity contribution in [3.8, 4) is 22.5 Å². The Hall–Kier alpha value is -3.45. The van der Waals surface area contributed by atoms with Crippen LogP contribution in [0.4, 0.5) is 10.2 Å². The van der Waals surface area contributed by atoms with Gasteiger partial charge < -0.3 is 9.88 Å². The van der Waals surface area contributed by atoms with E-state index in [2.05, 4.69) is 14.9 Å². The summed E-state index contributed by atoms with van der Waals surface area (Å²) >= 11 is 1.70. The smallest absolute Gasteiger partial charge is 0.229 e. The van der Waals surface area contributed by atoms with Crippen molar-refractivity contribution in [2.45, 2.75) is 18.1 Å². The number of imidazole rings is 1. The Kier molecular flexibility index (Phi) is 5.26. The number of thioether (sulfide) groups is 1. The number of fused-ring (bicyclic) bond motifs is 1. The van der Waals surface area contributed by atoms with Crippen LogP contribution >= 0.6 is 11.8 Å². The highest BCUT2D eigenvalue weighted by molar-refractivity contribution is 7.99. The quantitative estimate of drug-likeness (QED) is 0.482. The van der Waals surface area contributed by atoms with E-state index in [0.717, 1.165) is 45.5 Å². The first-order valence-electron chi connectivity index (χ1n) is 9.97. The van der Waals surface area contributed by atoms with Crippen LogP contribution in [0.5, 0.6) is 0 Å². The Labute approximate surface area is 183 Å². The van der Waals surface area contributed by atoms with Crippen LogP contribution in [0, 0.1) is 5.82 Å². The average Bonchev–Trinajstić information content (AvgIpc) is 3.36. The third kappa shape index (κ3) is 4.09.